The molecule has 1 aromatic carbocycles. The Bertz CT molecular complexity index is 949. The standard InChI is InChI=1S/C18H17N3O3/c1-2-24-18(23)13-11-21(10-12-6-3-4-9-20-12)15-8-5-7-14(19)16(15)17(13)22/h3-9,11H,2,10,19H2,1H3. The van der Waals surface area contributed by atoms with Crippen LogP contribution in [0.25, 0.3) is 10.9 Å². The average Bonchev–Trinajstić information content (AvgIpc) is 2.58. The summed E-state index contributed by atoms with van der Waals surface area (Å²) in [5, 5.41) is 0.319. The van der Waals surface area contributed by atoms with E-state index in [4.69, 9.17) is 10.5 Å². The van der Waals surface area contributed by atoms with E-state index in [1.165, 1.54) is 6.20 Å². The first-order valence-corrected chi connectivity index (χ1v) is 7.60. The number of esters is 1. The summed E-state index contributed by atoms with van der Waals surface area (Å²) in [6, 6.07) is 10.8. The summed E-state index contributed by atoms with van der Waals surface area (Å²) in [5.74, 6) is -0.651. The maximum Gasteiger partial charge on any atom is 0.343 e. The van der Waals surface area contributed by atoms with Crippen LogP contribution in [0.3, 0.4) is 0 Å². The molecule has 24 heavy (non-hydrogen) atoms. The molecule has 2 N–H and O–H groups in total. The van der Waals surface area contributed by atoms with E-state index in [1.807, 2.05) is 18.2 Å². The lowest BCUT2D eigenvalue weighted by molar-refractivity contribution is 0.0524. The molecule has 0 unspecified atom stereocenters. The van der Waals surface area contributed by atoms with E-state index in [2.05, 4.69) is 4.98 Å². The number of hydrogen-bond donors (Lipinski definition) is 1. The van der Waals surface area contributed by atoms with E-state index in [9.17, 15) is 9.59 Å². The van der Waals surface area contributed by atoms with E-state index in [0.717, 1.165) is 5.69 Å². The third-order valence-corrected chi connectivity index (χ3v) is 3.69. The van der Waals surface area contributed by atoms with Gasteiger partial charge >= 0.3 is 5.97 Å². The molecule has 0 spiro atoms. The van der Waals surface area contributed by atoms with Gasteiger partial charge in [0.15, 0.2) is 0 Å². The van der Waals surface area contributed by atoms with Crippen LogP contribution in [0.15, 0.2) is 53.6 Å². The molecule has 0 aliphatic rings. The highest BCUT2D eigenvalue weighted by Gasteiger charge is 2.18. The molecule has 0 atom stereocenters. The van der Waals surface area contributed by atoms with Crippen molar-refractivity contribution in [3.05, 3.63) is 70.3 Å². The quantitative estimate of drug-likeness (QED) is 0.587. The number of aromatic nitrogens is 2. The molecule has 2 aromatic heterocycles. The van der Waals surface area contributed by atoms with Crippen molar-refractivity contribution < 1.29 is 9.53 Å². The first kappa shape index (κ1) is 15.7. The fraction of sp³-hybridized carbons (Fsp3) is 0.167. The molecule has 0 aliphatic carbocycles. The highest BCUT2D eigenvalue weighted by Crippen LogP contribution is 2.19. The van der Waals surface area contributed by atoms with Crippen molar-refractivity contribution in [3.8, 4) is 0 Å². The maximum absolute atomic E-state index is 12.7. The number of benzene rings is 1. The minimum Gasteiger partial charge on any atom is -0.462 e. The summed E-state index contributed by atoms with van der Waals surface area (Å²) in [6.07, 6.45) is 3.21. The normalized spacial score (nSPS) is 10.7. The molecule has 0 bridgehead atoms. The van der Waals surface area contributed by atoms with Crippen LogP contribution in [0.4, 0.5) is 5.69 Å². The second-order valence-electron chi connectivity index (χ2n) is 5.28. The molecular formula is C18H17N3O3. The number of carbonyl (C=O) groups excluding carboxylic acids is 1. The first-order valence-electron chi connectivity index (χ1n) is 7.60. The van der Waals surface area contributed by atoms with Gasteiger partial charge in [0.25, 0.3) is 0 Å². The number of fused-ring (bicyclic) bond motifs is 1. The zero-order valence-electron chi connectivity index (χ0n) is 13.2. The van der Waals surface area contributed by atoms with E-state index in [-0.39, 0.29) is 12.2 Å². The van der Waals surface area contributed by atoms with Crippen LogP contribution in [0.2, 0.25) is 0 Å². The Kier molecular flexibility index (Phi) is 4.29. The Morgan fingerprint density at radius 1 is 1.25 bits per heavy atom. The largest absolute Gasteiger partial charge is 0.462 e. The lowest BCUT2D eigenvalue weighted by atomic mass is 10.1. The Balaban J connectivity index is 2.24. The monoisotopic (exact) mass is 323 g/mol. The van der Waals surface area contributed by atoms with Crippen molar-refractivity contribution in [2.24, 2.45) is 0 Å². The molecule has 0 amide bonds. The third kappa shape index (κ3) is 2.86. The number of carbonyl (C=O) groups is 1. The smallest absolute Gasteiger partial charge is 0.343 e. The summed E-state index contributed by atoms with van der Waals surface area (Å²) < 4.78 is 6.79. The van der Waals surface area contributed by atoms with Gasteiger partial charge in [0.1, 0.15) is 5.56 Å². The van der Waals surface area contributed by atoms with Gasteiger partial charge < -0.3 is 15.0 Å². The Morgan fingerprint density at radius 3 is 2.79 bits per heavy atom. The molecular weight excluding hydrogens is 306 g/mol. The number of nitrogen functional groups attached to an aromatic ring is 1. The van der Waals surface area contributed by atoms with Gasteiger partial charge in [0.2, 0.25) is 5.43 Å². The fourth-order valence-electron chi connectivity index (χ4n) is 2.61. The molecule has 6 heteroatoms. The second kappa shape index (κ2) is 6.54. The van der Waals surface area contributed by atoms with Crippen LogP contribution < -0.4 is 11.2 Å². The van der Waals surface area contributed by atoms with Gasteiger partial charge in [0.05, 0.1) is 29.7 Å². The first-order chi connectivity index (χ1) is 11.6. The van der Waals surface area contributed by atoms with Gasteiger partial charge in [-0.15, -0.1) is 0 Å². The van der Waals surface area contributed by atoms with Crippen LogP contribution in [0, 0.1) is 0 Å². The van der Waals surface area contributed by atoms with Crippen LogP contribution in [0.5, 0.6) is 0 Å². The predicted molar refractivity (Wildman–Crippen MR) is 91.9 cm³/mol. The number of hydrogen-bond acceptors (Lipinski definition) is 5. The summed E-state index contributed by atoms with van der Waals surface area (Å²) in [5.41, 5.74) is 7.32. The Morgan fingerprint density at radius 2 is 2.08 bits per heavy atom. The van der Waals surface area contributed by atoms with Crippen LogP contribution in [-0.2, 0) is 11.3 Å². The summed E-state index contributed by atoms with van der Waals surface area (Å²) in [4.78, 5) is 29.1. The van der Waals surface area contributed by atoms with Crippen molar-refractivity contribution in [2.45, 2.75) is 13.5 Å². The fourth-order valence-corrected chi connectivity index (χ4v) is 2.61. The van der Waals surface area contributed by atoms with Crippen molar-refractivity contribution in [1.82, 2.24) is 9.55 Å². The molecule has 3 aromatic rings. The van der Waals surface area contributed by atoms with Crippen molar-refractivity contribution in [1.29, 1.82) is 0 Å². The molecule has 2 heterocycles. The lowest BCUT2D eigenvalue weighted by Crippen LogP contribution is -2.22. The molecule has 3 rings (SSSR count). The van der Waals surface area contributed by atoms with Gasteiger partial charge in [-0.2, -0.15) is 0 Å². The van der Waals surface area contributed by atoms with Gasteiger partial charge in [-0.05, 0) is 31.2 Å². The number of rotatable bonds is 4. The predicted octanol–water partition coefficient (Wildman–Crippen LogP) is 2.20. The molecule has 0 aliphatic heterocycles. The third-order valence-electron chi connectivity index (χ3n) is 3.69. The molecule has 0 radical (unpaired) electrons. The second-order valence-corrected chi connectivity index (χ2v) is 5.28. The molecule has 0 fully saturated rings. The number of pyridine rings is 2. The number of nitrogens with zero attached hydrogens (tertiary/aromatic N) is 2. The van der Waals surface area contributed by atoms with E-state index < -0.39 is 11.4 Å². The highest BCUT2D eigenvalue weighted by molar-refractivity contribution is 5.97. The number of anilines is 1. The van der Waals surface area contributed by atoms with E-state index >= 15 is 0 Å². The van der Waals surface area contributed by atoms with Crippen LogP contribution in [-0.4, -0.2) is 22.1 Å². The SMILES string of the molecule is CCOC(=O)c1cn(Cc2ccccn2)c2cccc(N)c2c1=O. The van der Waals surface area contributed by atoms with E-state index in [0.29, 0.717) is 23.1 Å². The van der Waals surface area contributed by atoms with Crippen molar-refractivity contribution in [2.75, 3.05) is 12.3 Å². The highest BCUT2D eigenvalue weighted by atomic mass is 16.5. The zero-order chi connectivity index (χ0) is 17.1. The molecule has 6 nitrogen and oxygen atoms in total. The van der Waals surface area contributed by atoms with Gasteiger partial charge in [0, 0.05) is 18.1 Å². The number of nitrogens with two attached hydrogens (primary N) is 1. The molecule has 122 valence electrons. The minimum absolute atomic E-state index is 0.0295. The summed E-state index contributed by atoms with van der Waals surface area (Å²) >= 11 is 0. The lowest BCUT2D eigenvalue weighted by Gasteiger charge is -2.14. The maximum atomic E-state index is 12.7. The summed E-state index contributed by atoms with van der Waals surface area (Å²) in [6.45, 7) is 2.30. The van der Waals surface area contributed by atoms with Crippen LogP contribution in [0.1, 0.15) is 23.0 Å². The Labute approximate surface area is 138 Å². The average molecular weight is 323 g/mol. The Hall–Kier alpha value is -3.15. The molecule has 0 saturated heterocycles. The topological polar surface area (TPSA) is 87.2 Å². The number of ether oxygens (including phenoxy) is 1. The van der Waals surface area contributed by atoms with Crippen molar-refractivity contribution in [3.63, 3.8) is 0 Å². The van der Waals surface area contributed by atoms with Gasteiger partial charge in [-0.1, -0.05) is 12.1 Å². The summed E-state index contributed by atoms with van der Waals surface area (Å²) in [7, 11) is 0. The van der Waals surface area contributed by atoms with Gasteiger partial charge in [-0.3, -0.25) is 9.78 Å². The van der Waals surface area contributed by atoms with Crippen LogP contribution >= 0.6 is 0 Å². The van der Waals surface area contributed by atoms with Gasteiger partial charge in [-0.25, -0.2) is 4.79 Å². The minimum atomic E-state index is -0.651. The molecule has 0 saturated carbocycles. The van der Waals surface area contributed by atoms with E-state index in [1.54, 1.807) is 35.9 Å². The zero-order valence-corrected chi connectivity index (χ0v) is 13.2. The van der Waals surface area contributed by atoms with Crippen molar-refractivity contribution >= 4 is 22.6 Å².